The van der Waals surface area contributed by atoms with Crippen LogP contribution in [0.3, 0.4) is 0 Å². The van der Waals surface area contributed by atoms with Crippen molar-refractivity contribution in [2.45, 2.75) is 73.1 Å². The number of hydrogen-bond acceptors (Lipinski definition) is 1. The molecule has 1 nitrogen and oxygen atoms in total. The fourth-order valence-electron chi connectivity index (χ4n) is 4.47. The third-order valence-corrected chi connectivity index (χ3v) is 4.90. The van der Waals surface area contributed by atoms with Gasteiger partial charge in [-0.25, -0.2) is 0 Å². The average Bonchev–Trinajstić information content (AvgIpc) is 2.63. The van der Waals surface area contributed by atoms with Gasteiger partial charge in [-0.2, -0.15) is 0 Å². The standard InChI is InChI=1S/C18H35N/c1-17(2,3)10-16-12-19(13-16)14-18(4,5)11-15-8-6-7-9-15/h15-16H,6-14H2,1-5H3. The van der Waals surface area contributed by atoms with E-state index in [4.69, 9.17) is 0 Å². The molecule has 0 atom stereocenters. The first-order valence-electron chi connectivity index (χ1n) is 8.46. The van der Waals surface area contributed by atoms with E-state index < -0.39 is 0 Å². The lowest BCUT2D eigenvalue weighted by Crippen LogP contribution is -2.51. The van der Waals surface area contributed by atoms with Crippen molar-refractivity contribution >= 4 is 0 Å². The van der Waals surface area contributed by atoms with Gasteiger partial charge in [-0.1, -0.05) is 60.3 Å². The maximum atomic E-state index is 2.70. The first-order valence-corrected chi connectivity index (χ1v) is 8.46. The Labute approximate surface area is 121 Å². The minimum atomic E-state index is 0.510. The molecule has 19 heavy (non-hydrogen) atoms. The van der Waals surface area contributed by atoms with Crippen LogP contribution in [0.4, 0.5) is 0 Å². The Bertz CT molecular complexity index is 275. The van der Waals surface area contributed by atoms with Gasteiger partial charge in [0.25, 0.3) is 0 Å². The van der Waals surface area contributed by atoms with Crippen LogP contribution in [0.25, 0.3) is 0 Å². The van der Waals surface area contributed by atoms with Crippen molar-refractivity contribution in [2.24, 2.45) is 22.7 Å². The SMILES string of the molecule is CC(C)(C)CC1CN(CC(C)(C)CC2CCCC2)C1. The van der Waals surface area contributed by atoms with E-state index in [9.17, 15) is 0 Å². The van der Waals surface area contributed by atoms with Gasteiger partial charge in [-0.3, -0.25) is 0 Å². The van der Waals surface area contributed by atoms with Crippen molar-refractivity contribution < 1.29 is 0 Å². The molecule has 0 radical (unpaired) electrons. The fourth-order valence-corrected chi connectivity index (χ4v) is 4.47. The largest absolute Gasteiger partial charge is 0.302 e. The van der Waals surface area contributed by atoms with Gasteiger partial charge in [-0.05, 0) is 35.5 Å². The van der Waals surface area contributed by atoms with Crippen LogP contribution in [0.1, 0.15) is 73.1 Å². The number of rotatable bonds is 5. The van der Waals surface area contributed by atoms with Crippen LogP contribution >= 0.6 is 0 Å². The van der Waals surface area contributed by atoms with Gasteiger partial charge in [0.2, 0.25) is 0 Å². The van der Waals surface area contributed by atoms with Gasteiger partial charge < -0.3 is 4.90 Å². The zero-order valence-corrected chi connectivity index (χ0v) is 14.0. The topological polar surface area (TPSA) is 3.24 Å². The van der Waals surface area contributed by atoms with E-state index in [1.807, 2.05) is 0 Å². The van der Waals surface area contributed by atoms with Gasteiger partial charge in [0.15, 0.2) is 0 Å². The zero-order valence-electron chi connectivity index (χ0n) is 14.0. The molecule has 0 aromatic rings. The lowest BCUT2D eigenvalue weighted by Gasteiger charge is -2.46. The van der Waals surface area contributed by atoms with Crippen molar-refractivity contribution in [1.29, 1.82) is 0 Å². The Hall–Kier alpha value is -0.0400. The van der Waals surface area contributed by atoms with E-state index in [2.05, 4.69) is 39.5 Å². The average molecular weight is 265 g/mol. The molecule has 1 aliphatic carbocycles. The molecule has 1 aliphatic heterocycles. The Kier molecular flexibility index (Phi) is 4.65. The van der Waals surface area contributed by atoms with E-state index >= 15 is 0 Å². The van der Waals surface area contributed by atoms with E-state index in [0.29, 0.717) is 10.8 Å². The molecule has 2 aliphatic rings. The van der Waals surface area contributed by atoms with E-state index in [1.54, 1.807) is 0 Å². The second-order valence-electron chi connectivity index (χ2n) is 9.34. The highest BCUT2D eigenvalue weighted by Gasteiger charge is 2.34. The maximum Gasteiger partial charge on any atom is 0.00330 e. The molecule has 2 rings (SSSR count). The molecule has 0 bridgehead atoms. The lowest BCUT2D eigenvalue weighted by molar-refractivity contribution is 0.0303. The summed E-state index contributed by atoms with van der Waals surface area (Å²) < 4.78 is 0. The van der Waals surface area contributed by atoms with Gasteiger partial charge in [-0.15, -0.1) is 0 Å². The molecule has 0 aromatic heterocycles. The predicted octanol–water partition coefficient (Wildman–Crippen LogP) is 4.96. The van der Waals surface area contributed by atoms with Crippen LogP contribution in [0.5, 0.6) is 0 Å². The molecular formula is C18H35N. The monoisotopic (exact) mass is 265 g/mol. The molecule has 1 heterocycles. The summed E-state index contributed by atoms with van der Waals surface area (Å²) in [5.74, 6) is 1.99. The van der Waals surface area contributed by atoms with Crippen LogP contribution in [-0.2, 0) is 0 Å². The van der Waals surface area contributed by atoms with Crippen molar-refractivity contribution in [2.75, 3.05) is 19.6 Å². The molecule has 0 aromatic carbocycles. The smallest absolute Gasteiger partial charge is 0.00330 e. The number of likely N-dealkylation sites (tertiary alicyclic amines) is 1. The van der Waals surface area contributed by atoms with E-state index in [1.165, 1.54) is 58.2 Å². The molecule has 112 valence electrons. The molecule has 1 heteroatoms. The summed E-state index contributed by atoms with van der Waals surface area (Å²) in [6.07, 6.45) is 8.81. The zero-order chi connectivity index (χ0) is 14.1. The summed E-state index contributed by atoms with van der Waals surface area (Å²) in [7, 11) is 0. The van der Waals surface area contributed by atoms with Gasteiger partial charge >= 0.3 is 0 Å². The molecule has 1 saturated heterocycles. The molecule has 0 amide bonds. The maximum absolute atomic E-state index is 2.70. The summed E-state index contributed by atoms with van der Waals surface area (Å²) in [6.45, 7) is 16.1. The Balaban J connectivity index is 1.67. The first kappa shape index (κ1) is 15.4. The highest BCUT2D eigenvalue weighted by molar-refractivity contribution is 4.87. The molecule has 0 unspecified atom stereocenters. The van der Waals surface area contributed by atoms with Crippen LogP contribution < -0.4 is 0 Å². The summed E-state index contributed by atoms with van der Waals surface area (Å²) in [6, 6.07) is 0. The van der Waals surface area contributed by atoms with Gasteiger partial charge in [0, 0.05) is 19.6 Å². The highest BCUT2D eigenvalue weighted by Crippen LogP contribution is 2.38. The first-order chi connectivity index (χ1) is 8.73. The van der Waals surface area contributed by atoms with E-state index in [-0.39, 0.29) is 0 Å². The number of nitrogens with zero attached hydrogens (tertiary/aromatic N) is 1. The molecule has 0 N–H and O–H groups in total. The highest BCUT2D eigenvalue weighted by atomic mass is 15.2. The lowest BCUT2D eigenvalue weighted by atomic mass is 9.78. The molecule has 1 saturated carbocycles. The Morgan fingerprint density at radius 3 is 1.95 bits per heavy atom. The summed E-state index contributed by atoms with van der Waals surface area (Å²) in [5.41, 5.74) is 1.04. The summed E-state index contributed by atoms with van der Waals surface area (Å²) >= 11 is 0. The third-order valence-electron chi connectivity index (χ3n) is 4.90. The third kappa shape index (κ3) is 5.10. The van der Waals surface area contributed by atoms with Gasteiger partial charge in [0.05, 0.1) is 0 Å². The molecule has 0 spiro atoms. The minimum Gasteiger partial charge on any atom is -0.302 e. The van der Waals surface area contributed by atoms with Gasteiger partial charge in [0.1, 0.15) is 0 Å². The second-order valence-corrected chi connectivity index (χ2v) is 9.34. The fraction of sp³-hybridized carbons (Fsp3) is 1.00. The Morgan fingerprint density at radius 1 is 0.842 bits per heavy atom. The second kappa shape index (κ2) is 5.76. The van der Waals surface area contributed by atoms with Crippen LogP contribution in [0.15, 0.2) is 0 Å². The summed E-state index contributed by atoms with van der Waals surface area (Å²) in [5, 5.41) is 0. The normalized spacial score (nSPS) is 23.8. The van der Waals surface area contributed by atoms with Crippen LogP contribution in [0, 0.1) is 22.7 Å². The minimum absolute atomic E-state index is 0.510. The molecule has 2 fully saturated rings. The Morgan fingerprint density at radius 2 is 1.42 bits per heavy atom. The summed E-state index contributed by atoms with van der Waals surface area (Å²) in [4.78, 5) is 2.70. The van der Waals surface area contributed by atoms with Crippen molar-refractivity contribution in [1.82, 2.24) is 4.90 Å². The predicted molar refractivity (Wildman–Crippen MR) is 84.4 cm³/mol. The quantitative estimate of drug-likeness (QED) is 0.679. The van der Waals surface area contributed by atoms with Crippen LogP contribution in [-0.4, -0.2) is 24.5 Å². The van der Waals surface area contributed by atoms with Crippen LogP contribution in [0.2, 0.25) is 0 Å². The van der Waals surface area contributed by atoms with Crippen molar-refractivity contribution in [3.05, 3.63) is 0 Å². The van der Waals surface area contributed by atoms with Crippen molar-refractivity contribution in [3.63, 3.8) is 0 Å². The number of hydrogen-bond donors (Lipinski definition) is 0. The van der Waals surface area contributed by atoms with E-state index in [0.717, 1.165) is 11.8 Å². The molecular weight excluding hydrogens is 230 g/mol. The van der Waals surface area contributed by atoms with Crippen molar-refractivity contribution in [3.8, 4) is 0 Å².